The maximum atomic E-state index is 13.9. The van der Waals surface area contributed by atoms with E-state index in [2.05, 4.69) is 4.90 Å². The molecule has 7 heteroatoms. The monoisotopic (exact) mass is 461 g/mol. The topological polar surface area (TPSA) is 54.9 Å². The first-order chi connectivity index (χ1) is 16.2. The Labute approximate surface area is 197 Å². The van der Waals surface area contributed by atoms with Crippen molar-refractivity contribution in [1.82, 2.24) is 9.88 Å². The van der Waals surface area contributed by atoms with Crippen LogP contribution in [-0.2, 0) is 4.74 Å². The molecule has 3 aromatic carbocycles. The van der Waals surface area contributed by atoms with E-state index in [0.717, 1.165) is 59.6 Å². The minimum absolute atomic E-state index is 0.0305. The van der Waals surface area contributed by atoms with Crippen molar-refractivity contribution < 1.29 is 14.3 Å². The molecule has 1 fully saturated rings. The van der Waals surface area contributed by atoms with Gasteiger partial charge in [-0.2, -0.15) is 0 Å². The van der Waals surface area contributed by atoms with Gasteiger partial charge in [0, 0.05) is 31.7 Å². The lowest BCUT2D eigenvalue weighted by molar-refractivity contribution is 0.0391. The summed E-state index contributed by atoms with van der Waals surface area (Å²) in [6, 6.07) is 19.8. The molecular weight excluding hydrogens is 434 g/mol. The van der Waals surface area contributed by atoms with Crippen LogP contribution < -0.4 is 9.64 Å². The van der Waals surface area contributed by atoms with Crippen molar-refractivity contribution in [1.29, 1.82) is 0 Å². The maximum Gasteiger partial charge on any atom is 0.260 e. The number of anilines is 1. The van der Waals surface area contributed by atoms with Gasteiger partial charge in [-0.05, 0) is 35.9 Å². The molecule has 5 rings (SSSR count). The quantitative estimate of drug-likeness (QED) is 0.395. The Morgan fingerprint density at radius 1 is 1.09 bits per heavy atom. The van der Waals surface area contributed by atoms with Gasteiger partial charge >= 0.3 is 0 Å². The van der Waals surface area contributed by atoms with E-state index in [4.69, 9.17) is 14.5 Å². The summed E-state index contributed by atoms with van der Waals surface area (Å²) >= 11 is 1.53. The predicted molar refractivity (Wildman–Crippen MR) is 134 cm³/mol. The number of amides is 1. The zero-order chi connectivity index (χ0) is 22.6. The van der Waals surface area contributed by atoms with E-state index in [1.807, 2.05) is 72.5 Å². The molecular formula is C26H27N3O3S. The van der Waals surface area contributed by atoms with Gasteiger partial charge in [-0.25, -0.2) is 4.98 Å². The van der Waals surface area contributed by atoms with Crippen molar-refractivity contribution in [3.63, 3.8) is 0 Å². The number of hydrogen-bond acceptors (Lipinski definition) is 6. The van der Waals surface area contributed by atoms with Gasteiger partial charge in [0.15, 0.2) is 5.13 Å². The fourth-order valence-corrected chi connectivity index (χ4v) is 5.21. The summed E-state index contributed by atoms with van der Waals surface area (Å²) in [6.07, 6.45) is 0. The van der Waals surface area contributed by atoms with Crippen LogP contribution in [0.1, 0.15) is 17.3 Å². The fraction of sp³-hybridized carbons (Fsp3) is 0.308. The van der Waals surface area contributed by atoms with Gasteiger partial charge in [-0.3, -0.25) is 14.6 Å². The Morgan fingerprint density at radius 3 is 2.73 bits per heavy atom. The zero-order valence-electron chi connectivity index (χ0n) is 18.7. The lowest BCUT2D eigenvalue weighted by Gasteiger charge is -2.29. The molecule has 0 atom stereocenters. The highest BCUT2D eigenvalue weighted by Gasteiger charge is 2.24. The van der Waals surface area contributed by atoms with E-state index < -0.39 is 0 Å². The molecule has 0 aliphatic carbocycles. The first kappa shape index (κ1) is 21.8. The van der Waals surface area contributed by atoms with Gasteiger partial charge in [0.2, 0.25) is 0 Å². The molecule has 4 aromatic rings. The maximum absolute atomic E-state index is 13.9. The van der Waals surface area contributed by atoms with Crippen LogP contribution >= 0.6 is 11.3 Å². The standard InChI is InChI=1S/C26H27N3O3S/c1-2-32-22-11-6-12-23-24(22)27-26(33-23)29(14-13-28-15-17-31-18-16-28)25(30)21-10-5-8-19-7-3-4-9-20(19)21/h3-12H,2,13-18H2,1H3. The second kappa shape index (κ2) is 9.87. The summed E-state index contributed by atoms with van der Waals surface area (Å²) in [4.78, 5) is 23.0. The third-order valence-electron chi connectivity index (χ3n) is 5.91. The Bertz CT molecular complexity index is 1260. The number of benzene rings is 3. The smallest absolute Gasteiger partial charge is 0.260 e. The number of hydrogen-bond donors (Lipinski definition) is 0. The SMILES string of the molecule is CCOc1cccc2sc(N(CCN3CCOCC3)C(=O)c3cccc4ccccc34)nc12. The molecule has 1 saturated heterocycles. The van der Waals surface area contributed by atoms with Gasteiger partial charge < -0.3 is 9.47 Å². The van der Waals surface area contributed by atoms with Crippen LogP contribution in [0.5, 0.6) is 5.75 Å². The Balaban J connectivity index is 1.53. The van der Waals surface area contributed by atoms with E-state index in [9.17, 15) is 4.79 Å². The van der Waals surface area contributed by atoms with Crippen LogP contribution in [0.25, 0.3) is 21.0 Å². The second-order valence-corrected chi connectivity index (χ2v) is 8.98. The van der Waals surface area contributed by atoms with Crippen LogP contribution in [0.3, 0.4) is 0 Å². The Hall–Kier alpha value is -3.00. The van der Waals surface area contributed by atoms with Gasteiger partial charge in [-0.1, -0.05) is 53.8 Å². The molecule has 170 valence electrons. The van der Waals surface area contributed by atoms with E-state index in [-0.39, 0.29) is 5.91 Å². The number of morpholine rings is 1. The summed E-state index contributed by atoms with van der Waals surface area (Å²) in [5.74, 6) is 0.723. The second-order valence-electron chi connectivity index (χ2n) is 7.97. The minimum atomic E-state index is -0.0305. The average molecular weight is 462 g/mol. The zero-order valence-corrected chi connectivity index (χ0v) is 19.5. The molecule has 0 unspecified atom stereocenters. The number of para-hydroxylation sites is 1. The van der Waals surface area contributed by atoms with Crippen LogP contribution in [0.4, 0.5) is 5.13 Å². The van der Waals surface area contributed by atoms with Crippen molar-refractivity contribution >= 4 is 43.4 Å². The van der Waals surface area contributed by atoms with E-state index >= 15 is 0 Å². The molecule has 1 aliphatic heterocycles. The highest BCUT2D eigenvalue weighted by molar-refractivity contribution is 7.22. The summed E-state index contributed by atoms with van der Waals surface area (Å²) in [5, 5.41) is 2.71. The molecule has 33 heavy (non-hydrogen) atoms. The number of aromatic nitrogens is 1. The number of carbonyl (C=O) groups excluding carboxylic acids is 1. The Morgan fingerprint density at radius 2 is 1.88 bits per heavy atom. The van der Waals surface area contributed by atoms with E-state index in [1.54, 1.807) is 0 Å². The van der Waals surface area contributed by atoms with Gasteiger partial charge in [0.05, 0.1) is 24.5 Å². The highest BCUT2D eigenvalue weighted by atomic mass is 32.1. The van der Waals surface area contributed by atoms with E-state index in [0.29, 0.717) is 23.8 Å². The number of rotatable bonds is 7. The number of nitrogens with zero attached hydrogens (tertiary/aromatic N) is 3. The molecule has 1 aromatic heterocycles. The van der Waals surface area contributed by atoms with Crippen molar-refractivity contribution in [2.75, 3.05) is 50.9 Å². The van der Waals surface area contributed by atoms with Gasteiger partial charge in [-0.15, -0.1) is 0 Å². The third kappa shape index (κ3) is 4.57. The molecule has 2 heterocycles. The van der Waals surface area contributed by atoms with E-state index in [1.165, 1.54) is 11.3 Å². The van der Waals surface area contributed by atoms with Crippen LogP contribution in [0.2, 0.25) is 0 Å². The lowest BCUT2D eigenvalue weighted by atomic mass is 10.0. The van der Waals surface area contributed by atoms with Crippen LogP contribution in [-0.4, -0.2) is 61.8 Å². The number of thiazole rings is 1. The van der Waals surface area contributed by atoms with Gasteiger partial charge in [0.25, 0.3) is 5.91 Å². The minimum Gasteiger partial charge on any atom is -0.492 e. The number of fused-ring (bicyclic) bond motifs is 2. The molecule has 0 saturated carbocycles. The van der Waals surface area contributed by atoms with Crippen LogP contribution in [0.15, 0.2) is 60.7 Å². The third-order valence-corrected chi connectivity index (χ3v) is 6.95. The molecule has 6 nitrogen and oxygen atoms in total. The fourth-order valence-electron chi connectivity index (χ4n) is 4.21. The van der Waals surface area contributed by atoms with Crippen molar-refractivity contribution in [3.8, 4) is 5.75 Å². The molecule has 0 spiro atoms. The first-order valence-corrected chi connectivity index (χ1v) is 12.2. The van der Waals surface area contributed by atoms with Gasteiger partial charge in [0.1, 0.15) is 11.3 Å². The summed E-state index contributed by atoms with van der Waals surface area (Å²) < 4.78 is 12.3. The molecule has 0 N–H and O–H groups in total. The molecule has 1 aliphatic rings. The highest BCUT2D eigenvalue weighted by Crippen LogP contribution is 2.35. The summed E-state index contributed by atoms with van der Waals surface area (Å²) in [7, 11) is 0. The first-order valence-electron chi connectivity index (χ1n) is 11.4. The van der Waals surface area contributed by atoms with Crippen LogP contribution in [0, 0.1) is 0 Å². The van der Waals surface area contributed by atoms with Crippen molar-refractivity contribution in [2.45, 2.75) is 6.92 Å². The molecule has 1 amide bonds. The molecule has 0 bridgehead atoms. The lowest BCUT2D eigenvalue weighted by Crippen LogP contribution is -2.43. The largest absolute Gasteiger partial charge is 0.492 e. The summed E-state index contributed by atoms with van der Waals surface area (Å²) in [6.45, 7) is 7.09. The molecule has 0 radical (unpaired) electrons. The van der Waals surface area contributed by atoms with Crippen molar-refractivity contribution in [3.05, 3.63) is 66.2 Å². The van der Waals surface area contributed by atoms with Crippen molar-refractivity contribution in [2.24, 2.45) is 0 Å². The normalized spacial score (nSPS) is 14.6. The number of carbonyl (C=O) groups is 1. The number of ether oxygens (including phenoxy) is 2. The average Bonchev–Trinajstić information content (AvgIpc) is 3.29. The Kier molecular flexibility index (Phi) is 6.53. The summed E-state index contributed by atoms with van der Waals surface area (Å²) in [5.41, 5.74) is 1.50. The predicted octanol–water partition coefficient (Wildman–Crippen LogP) is 4.83.